The number of aryl methyl sites for hydroxylation is 1. The summed E-state index contributed by atoms with van der Waals surface area (Å²) in [4.78, 5) is 18.0. The second kappa shape index (κ2) is 6.48. The first-order valence-corrected chi connectivity index (χ1v) is 8.64. The van der Waals surface area contributed by atoms with E-state index in [0.717, 1.165) is 34.5 Å². The first kappa shape index (κ1) is 15.5. The lowest BCUT2D eigenvalue weighted by Crippen LogP contribution is -2.13. The van der Waals surface area contributed by atoms with Gasteiger partial charge in [-0.25, -0.2) is 0 Å². The van der Waals surface area contributed by atoms with Gasteiger partial charge in [-0.2, -0.15) is 0 Å². The Bertz CT molecular complexity index is 957. The fraction of sp³-hybridized carbons (Fsp3) is 0.130. The average molecular weight is 325 g/mol. The molecule has 0 amide bonds. The van der Waals surface area contributed by atoms with Gasteiger partial charge in [-0.3, -0.25) is 9.79 Å². The van der Waals surface area contributed by atoms with Crippen molar-refractivity contribution in [3.05, 3.63) is 101 Å². The molecule has 0 N–H and O–H groups in total. The monoisotopic (exact) mass is 325 g/mol. The van der Waals surface area contributed by atoms with Crippen LogP contribution in [-0.2, 0) is 6.42 Å². The SMILES string of the molecule is CCc1cccc(N=C2c3ccccc3C(=O)C2c2ccccc2)c1. The quantitative estimate of drug-likeness (QED) is 0.638. The molecule has 0 fully saturated rings. The van der Waals surface area contributed by atoms with Gasteiger partial charge in [0.15, 0.2) is 5.78 Å². The number of Topliss-reactive ketones (excluding diaryl/α,β-unsaturated/α-hetero) is 1. The summed E-state index contributed by atoms with van der Waals surface area (Å²) in [5, 5.41) is 0. The van der Waals surface area contributed by atoms with Crippen LogP contribution in [0.1, 0.15) is 39.9 Å². The van der Waals surface area contributed by atoms with E-state index in [-0.39, 0.29) is 11.7 Å². The molecule has 4 rings (SSSR count). The van der Waals surface area contributed by atoms with E-state index in [1.165, 1.54) is 5.56 Å². The van der Waals surface area contributed by atoms with E-state index in [2.05, 4.69) is 19.1 Å². The summed E-state index contributed by atoms with van der Waals surface area (Å²) in [6, 6.07) is 25.9. The second-order valence-corrected chi connectivity index (χ2v) is 6.27. The first-order valence-electron chi connectivity index (χ1n) is 8.64. The van der Waals surface area contributed by atoms with E-state index < -0.39 is 0 Å². The highest BCUT2D eigenvalue weighted by Gasteiger charge is 2.37. The van der Waals surface area contributed by atoms with Crippen LogP contribution in [0.25, 0.3) is 0 Å². The molecule has 1 atom stereocenters. The lowest BCUT2D eigenvalue weighted by molar-refractivity contribution is 0.0988. The molecule has 3 aromatic carbocycles. The zero-order valence-corrected chi connectivity index (χ0v) is 14.1. The maximum Gasteiger partial charge on any atom is 0.176 e. The molecule has 0 aliphatic heterocycles. The fourth-order valence-corrected chi connectivity index (χ4v) is 3.42. The lowest BCUT2D eigenvalue weighted by atomic mass is 9.93. The Hall–Kier alpha value is -3.00. The molecule has 0 spiro atoms. The third kappa shape index (κ3) is 2.80. The van der Waals surface area contributed by atoms with Crippen molar-refractivity contribution in [2.24, 2.45) is 4.99 Å². The standard InChI is InChI=1S/C23H19NO/c1-2-16-9-8-12-18(15-16)24-22-19-13-6-7-14-20(19)23(25)21(22)17-10-4-3-5-11-17/h3-15,21H,2H2,1H3. The van der Waals surface area contributed by atoms with Crippen molar-refractivity contribution >= 4 is 17.2 Å². The molecule has 0 saturated heterocycles. The van der Waals surface area contributed by atoms with Crippen LogP contribution >= 0.6 is 0 Å². The van der Waals surface area contributed by atoms with Gasteiger partial charge in [0.05, 0.1) is 17.3 Å². The molecule has 3 aromatic rings. The molecule has 2 heteroatoms. The highest BCUT2D eigenvalue weighted by atomic mass is 16.1. The molecule has 0 aromatic heterocycles. The summed E-state index contributed by atoms with van der Waals surface area (Å²) >= 11 is 0. The number of hydrogen-bond acceptors (Lipinski definition) is 2. The molecular weight excluding hydrogens is 306 g/mol. The normalized spacial score (nSPS) is 17.7. The van der Waals surface area contributed by atoms with E-state index in [1.807, 2.05) is 66.7 Å². The number of hydrogen-bond donors (Lipinski definition) is 0. The molecule has 0 radical (unpaired) electrons. The van der Waals surface area contributed by atoms with E-state index in [0.29, 0.717) is 0 Å². The van der Waals surface area contributed by atoms with Crippen molar-refractivity contribution < 1.29 is 4.79 Å². The molecule has 122 valence electrons. The number of fused-ring (bicyclic) bond motifs is 1. The molecule has 1 unspecified atom stereocenters. The molecule has 1 aliphatic rings. The van der Waals surface area contributed by atoms with E-state index >= 15 is 0 Å². The van der Waals surface area contributed by atoms with Crippen LogP contribution in [0.3, 0.4) is 0 Å². The number of ketones is 1. The molecule has 1 aliphatic carbocycles. The third-order valence-corrected chi connectivity index (χ3v) is 4.71. The van der Waals surface area contributed by atoms with E-state index in [1.54, 1.807) is 0 Å². The van der Waals surface area contributed by atoms with Gasteiger partial charge in [0.1, 0.15) is 0 Å². The number of carbonyl (C=O) groups is 1. The summed E-state index contributed by atoms with van der Waals surface area (Å²) < 4.78 is 0. The van der Waals surface area contributed by atoms with Crippen LogP contribution in [0.4, 0.5) is 5.69 Å². The zero-order chi connectivity index (χ0) is 17.2. The van der Waals surface area contributed by atoms with Crippen LogP contribution in [0, 0.1) is 0 Å². The molecule has 2 nitrogen and oxygen atoms in total. The largest absolute Gasteiger partial charge is 0.293 e. The van der Waals surface area contributed by atoms with Crippen LogP contribution in [0.5, 0.6) is 0 Å². The van der Waals surface area contributed by atoms with Gasteiger partial charge in [0, 0.05) is 11.1 Å². The molecular formula is C23H19NO. The zero-order valence-electron chi connectivity index (χ0n) is 14.1. The van der Waals surface area contributed by atoms with Gasteiger partial charge in [-0.15, -0.1) is 0 Å². The smallest absolute Gasteiger partial charge is 0.176 e. The number of benzene rings is 3. The van der Waals surface area contributed by atoms with Gasteiger partial charge >= 0.3 is 0 Å². The van der Waals surface area contributed by atoms with Gasteiger partial charge < -0.3 is 0 Å². The topological polar surface area (TPSA) is 29.4 Å². The predicted octanol–water partition coefficient (Wildman–Crippen LogP) is 5.35. The lowest BCUT2D eigenvalue weighted by Gasteiger charge is -2.11. The summed E-state index contributed by atoms with van der Waals surface area (Å²) in [6.45, 7) is 2.13. The molecule has 0 bridgehead atoms. The molecule has 0 heterocycles. The number of aliphatic imine (C=N–C) groups is 1. The summed E-state index contributed by atoms with van der Waals surface area (Å²) in [6.07, 6.45) is 0.969. The minimum atomic E-state index is -0.330. The van der Waals surface area contributed by atoms with E-state index in [9.17, 15) is 4.79 Å². The van der Waals surface area contributed by atoms with Gasteiger partial charge in [0.25, 0.3) is 0 Å². The molecule has 25 heavy (non-hydrogen) atoms. The predicted molar refractivity (Wildman–Crippen MR) is 102 cm³/mol. The van der Waals surface area contributed by atoms with Gasteiger partial charge in [-0.1, -0.05) is 73.7 Å². The van der Waals surface area contributed by atoms with Gasteiger partial charge in [-0.05, 0) is 29.7 Å². The summed E-state index contributed by atoms with van der Waals surface area (Å²) in [5.41, 5.74) is 5.70. The minimum absolute atomic E-state index is 0.132. The number of carbonyl (C=O) groups excluding carboxylic acids is 1. The fourth-order valence-electron chi connectivity index (χ4n) is 3.42. The van der Waals surface area contributed by atoms with Crippen molar-refractivity contribution in [3.8, 4) is 0 Å². The Morgan fingerprint density at radius 3 is 2.32 bits per heavy atom. The minimum Gasteiger partial charge on any atom is -0.293 e. The first-order chi connectivity index (χ1) is 12.3. The highest BCUT2D eigenvalue weighted by Crippen LogP contribution is 2.36. The maximum atomic E-state index is 13.0. The number of nitrogens with zero attached hydrogens (tertiary/aromatic N) is 1. The summed E-state index contributed by atoms with van der Waals surface area (Å²) in [7, 11) is 0. The molecule has 0 saturated carbocycles. The van der Waals surface area contributed by atoms with Crippen LogP contribution in [-0.4, -0.2) is 11.5 Å². The Labute approximate surface area is 147 Å². The van der Waals surface area contributed by atoms with Crippen LogP contribution in [0.2, 0.25) is 0 Å². The Kier molecular flexibility index (Phi) is 4.02. The summed E-state index contributed by atoms with van der Waals surface area (Å²) in [5.74, 6) is -0.198. The van der Waals surface area contributed by atoms with Gasteiger partial charge in [0.2, 0.25) is 0 Å². The highest BCUT2D eigenvalue weighted by molar-refractivity contribution is 6.32. The van der Waals surface area contributed by atoms with Crippen molar-refractivity contribution in [1.29, 1.82) is 0 Å². The Morgan fingerprint density at radius 2 is 1.56 bits per heavy atom. The van der Waals surface area contributed by atoms with Crippen LogP contribution in [0.15, 0.2) is 83.9 Å². The van der Waals surface area contributed by atoms with Crippen molar-refractivity contribution in [2.75, 3.05) is 0 Å². The average Bonchev–Trinajstić information content (AvgIpc) is 2.95. The number of rotatable bonds is 3. The third-order valence-electron chi connectivity index (χ3n) is 4.71. The maximum absolute atomic E-state index is 13.0. The van der Waals surface area contributed by atoms with Crippen molar-refractivity contribution in [1.82, 2.24) is 0 Å². The van der Waals surface area contributed by atoms with Crippen molar-refractivity contribution in [2.45, 2.75) is 19.3 Å². The second-order valence-electron chi connectivity index (χ2n) is 6.27. The van der Waals surface area contributed by atoms with E-state index in [4.69, 9.17) is 4.99 Å². The van der Waals surface area contributed by atoms with Crippen molar-refractivity contribution in [3.63, 3.8) is 0 Å². The Balaban J connectivity index is 1.89. The Morgan fingerprint density at radius 1 is 0.840 bits per heavy atom. The van der Waals surface area contributed by atoms with Crippen LogP contribution < -0.4 is 0 Å².